The maximum absolute atomic E-state index is 13.6. The first-order valence-corrected chi connectivity index (χ1v) is 25.9. The van der Waals surface area contributed by atoms with Crippen molar-refractivity contribution in [2.24, 2.45) is 11.8 Å². The molecule has 0 aromatic heterocycles. The Hall–Kier alpha value is -7.53. The van der Waals surface area contributed by atoms with Gasteiger partial charge in [0.25, 0.3) is 15.9 Å². The second-order valence-electron chi connectivity index (χ2n) is 18.7. The number of aromatic hydroxyl groups is 2. The molecular formula is C51H59ClN6O16S. The molecule has 3 atom stereocenters. The Morgan fingerprint density at radius 1 is 0.813 bits per heavy atom. The highest BCUT2D eigenvalue weighted by molar-refractivity contribution is 7.95. The smallest absolute Gasteiger partial charge is 0.409 e. The number of benzene rings is 3. The van der Waals surface area contributed by atoms with E-state index in [1.54, 1.807) is 38.1 Å². The summed E-state index contributed by atoms with van der Waals surface area (Å²) in [5.41, 5.74) is 0.696. The molecule has 22 nitrogen and oxygen atoms in total. The number of unbranched alkanes of at least 4 members (excludes halogenated alkanes) is 2. The van der Waals surface area contributed by atoms with Crippen LogP contribution in [0.4, 0.5) is 15.3 Å². The van der Waals surface area contributed by atoms with Gasteiger partial charge in [-0.25, -0.2) is 22.3 Å². The predicted octanol–water partition coefficient (Wildman–Crippen LogP) is 4.29. The molecule has 2 aliphatic carbocycles. The zero-order valence-electron chi connectivity index (χ0n) is 42.2. The number of likely N-dealkylation sites (N-methyl/N-ethyl adjacent to an activating group) is 2. The largest absolute Gasteiger partial charge is 0.507 e. The Morgan fingerprint density at radius 3 is 2.08 bits per heavy atom. The number of carbonyl (C=O) groups excluding carboxylic acids is 9. The molecule has 3 aromatic rings. The molecule has 0 spiro atoms. The van der Waals surface area contributed by atoms with Crippen LogP contribution in [0.15, 0.2) is 52.9 Å². The molecule has 0 fully saturated rings. The number of phenolic OH excluding ortho intramolecular Hbond substituents is 2. The standard InChI is InChI=1S/C51H59ClN6O16S/c1-27(2)43(55-38(60)13-8-7-9-20-58-39(61)24-37(52)75(58,70)71)49(67)53-28(3)48(66)54-31-17-14-29(15-18-31)25-73-50(68)56(4)21-22-57(5)51(69)74-26-35(59)30-16-19-32-34(23-30)46(64)41-42(44(32)62)47(65)40-33(45(41)63)11-10-12-36(40)72-6/h10-12,14-15,17-18,24,27-28,30,43,62,64H,7-9,13,16,19-23,25-26H2,1-6H3,(H,53,67)(H,54,66)(H,55,60)/t28-,30?,43?/m0/s1. The zero-order chi connectivity index (χ0) is 55.1. The first-order chi connectivity index (χ1) is 35.5. The molecule has 2 unspecified atom stereocenters. The number of carbonyl (C=O) groups is 9. The fraction of sp³-hybridized carbons (Fsp3) is 0.431. The van der Waals surface area contributed by atoms with E-state index in [0.29, 0.717) is 34.8 Å². The number of anilines is 1. The highest BCUT2D eigenvalue weighted by atomic mass is 35.5. The second-order valence-corrected chi connectivity index (χ2v) is 21.1. The number of fused-ring (bicyclic) bond motifs is 3. The van der Waals surface area contributed by atoms with Crippen LogP contribution in [0, 0.1) is 11.8 Å². The molecule has 402 valence electrons. The molecular weight excluding hydrogens is 1020 g/mol. The molecule has 24 heteroatoms. The molecule has 0 bridgehead atoms. The maximum atomic E-state index is 13.6. The van der Waals surface area contributed by atoms with Crippen LogP contribution in [-0.2, 0) is 62.9 Å². The number of nitrogens with one attached hydrogen (secondary N) is 3. The molecule has 1 aliphatic heterocycles. The van der Waals surface area contributed by atoms with Crippen molar-refractivity contribution in [2.75, 3.05) is 52.8 Å². The first-order valence-electron chi connectivity index (χ1n) is 24.0. The summed E-state index contributed by atoms with van der Waals surface area (Å²) >= 11 is 5.62. The lowest BCUT2D eigenvalue weighted by atomic mass is 9.75. The third kappa shape index (κ3) is 12.9. The number of nitrogens with zero attached hydrogens (tertiary/aromatic N) is 3. The van der Waals surface area contributed by atoms with Crippen molar-refractivity contribution in [1.82, 2.24) is 24.7 Å². The number of ketones is 3. The van der Waals surface area contributed by atoms with Gasteiger partial charge in [0.15, 0.2) is 22.5 Å². The number of hydrogen-bond acceptors (Lipinski definition) is 16. The van der Waals surface area contributed by atoms with E-state index in [9.17, 15) is 61.8 Å². The summed E-state index contributed by atoms with van der Waals surface area (Å²) in [6.45, 7) is 4.17. The van der Waals surface area contributed by atoms with E-state index in [4.69, 9.17) is 25.8 Å². The third-order valence-corrected chi connectivity index (χ3v) is 15.3. The minimum absolute atomic E-state index is 0.00708. The summed E-state index contributed by atoms with van der Waals surface area (Å²) < 4.78 is 40.3. The Labute approximate surface area is 437 Å². The van der Waals surface area contributed by atoms with Gasteiger partial charge in [-0.1, -0.05) is 56.1 Å². The molecule has 0 radical (unpaired) electrons. The van der Waals surface area contributed by atoms with Gasteiger partial charge in [0.2, 0.25) is 23.5 Å². The van der Waals surface area contributed by atoms with E-state index in [1.807, 2.05) is 0 Å². The summed E-state index contributed by atoms with van der Waals surface area (Å²) in [5.74, 6) is -5.92. The minimum atomic E-state index is -4.01. The van der Waals surface area contributed by atoms with Gasteiger partial charge >= 0.3 is 12.2 Å². The Morgan fingerprint density at radius 2 is 1.45 bits per heavy atom. The fourth-order valence-corrected chi connectivity index (χ4v) is 10.1. The number of sulfonamides is 1. The van der Waals surface area contributed by atoms with Crippen molar-refractivity contribution in [3.8, 4) is 17.2 Å². The monoisotopic (exact) mass is 1080 g/mol. The van der Waals surface area contributed by atoms with E-state index in [-0.39, 0.29) is 97.0 Å². The van der Waals surface area contributed by atoms with Gasteiger partial charge in [0.1, 0.15) is 35.9 Å². The quantitative estimate of drug-likeness (QED) is 0.0574. The van der Waals surface area contributed by atoms with Crippen LogP contribution < -0.4 is 20.7 Å². The van der Waals surface area contributed by atoms with Crippen LogP contribution in [0.5, 0.6) is 17.2 Å². The number of Topliss-reactive ketones (excluding diaryl/α,β-unsaturated/α-hetero) is 1. The van der Waals surface area contributed by atoms with Crippen LogP contribution in [0.3, 0.4) is 0 Å². The summed E-state index contributed by atoms with van der Waals surface area (Å²) in [4.78, 5) is 119. The molecule has 0 saturated carbocycles. The van der Waals surface area contributed by atoms with Crippen LogP contribution in [0.2, 0.25) is 0 Å². The summed E-state index contributed by atoms with van der Waals surface area (Å²) in [5, 5.41) is 30.6. The van der Waals surface area contributed by atoms with Crippen molar-refractivity contribution in [1.29, 1.82) is 0 Å². The van der Waals surface area contributed by atoms with Gasteiger partial charge in [-0.05, 0) is 68.7 Å². The predicted molar refractivity (Wildman–Crippen MR) is 269 cm³/mol. The molecule has 0 saturated heterocycles. The minimum Gasteiger partial charge on any atom is -0.507 e. The Balaban J connectivity index is 0.878. The molecule has 3 aromatic carbocycles. The van der Waals surface area contributed by atoms with Crippen LogP contribution in [-0.4, -0.2) is 145 Å². The number of hydrogen-bond donors (Lipinski definition) is 5. The third-order valence-electron chi connectivity index (χ3n) is 13.1. The summed E-state index contributed by atoms with van der Waals surface area (Å²) in [6, 6.07) is 8.90. The van der Waals surface area contributed by atoms with Gasteiger partial charge in [-0.3, -0.25) is 33.6 Å². The molecule has 75 heavy (non-hydrogen) atoms. The second kappa shape index (κ2) is 24.2. The zero-order valence-corrected chi connectivity index (χ0v) is 43.7. The van der Waals surface area contributed by atoms with Crippen molar-refractivity contribution < 1.29 is 76.0 Å². The van der Waals surface area contributed by atoms with Crippen LogP contribution in [0.1, 0.15) is 101 Å². The summed E-state index contributed by atoms with van der Waals surface area (Å²) in [6.07, 6.45) is 0.665. The van der Waals surface area contributed by atoms with Crippen molar-refractivity contribution in [3.05, 3.63) is 91.8 Å². The molecule has 1 heterocycles. The highest BCUT2D eigenvalue weighted by Gasteiger charge is 2.41. The number of methoxy groups -OCH3 is 1. The average molecular weight is 1080 g/mol. The fourth-order valence-electron chi connectivity index (χ4n) is 8.68. The maximum Gasteiger partial charge on any atom is 0.409 e. The van der Waals surface area contributed by atoms with Crippen LogP contribution >= 0.6 is 11.6 Å². The van der Waals surface area contributed by atoms with E-state index < -0.39 is 104 Å². The number of rotatable bonds is 21. The van der Waals surface area contributed by atoms with Crippen molar-refractivity contribution in [3.63, 3.8) is 0 Å². The average Bonchev–Trinajstić information content (AvgIpc) is 3.58. The van der Waals surface area contributed by atoms with E-state index in [2.05, 4.69) is 16.0 Å². The number of amides is 6. The highest BCUT2D eigenvalue weighted by Crippen LogP contribution is 2.47. The summed E-state index contributed by atoms with van der Waals surface area (Å²) in [7, 11) is 0.219. The van der Waals surface area contributed by atoms with E-state index in [1.165, 1.54) is 56.1 Å². The van der Waals surface area contributed by atoms with E-state index >= 15 is 0 Å². The van der Waals surface area contributed by atoms with E-state index in [0.717, 1.165) is 6.08 Å². The van der Waals surface area contributed by atoms with Crippen LogP contribution in [0.25, 0.3) is 0 Å². The number of halogens is 1. The van der Waals surface area contributed by atoms with Gasteiger partial charge in [-0.2, -0.15) is 0 Å². The van der Waals surface area contributed by atoms with Crippen molar-refractivity contribution in [2.45, 2.75) is 84.4 Å². The van der Waals surface area contributed by atoms with Gasteiger partial charge in [0.05, 0.1) is 23.8 Å². The normalized spacial score (nSPS) is 16.1. The first kappa shape index (κ1) is 56.8. The lowest BCUT2D eigenvalue weighted by Gasteiger charge is -2.29. The SMILES string of the molecule is COc1cccc2c1C(=O)c1c(O)c3c(c(O)c1C2=O)CC(C(=O)COC(=O)N(C)CCN(C)C(=O)OCc1ccc(NC(=O)[C@H](C)NC(=O)C(NC(=O)CCCCCN2C(=O)C=C(Cl)S2(=O)=O)C(C)C)cc1)CC3. The van der Waals surface area contributed by atoms with Crippen molar-refractivity contribution >= 4 is 80.5 Å². The lowest BCUT2D eigenvalue weighted by molar-refractivity contribution is -0.131. The lowest BCUT2D eigenvalue weighted by Crippen LogP contribution is -2.53. The van der Waals surface area contributed by atoms with Gasteiger partial charge < -0.3 is 50.2 Å². The Kier molecular flexibility index (Phi) is 18.3. The molecule has 6 amide bonds. The molecule has 3 aliphatic rings. The number of phenols is 2. The van der Waals surface area contributed by atoms with Gasteiger partial charge in [-0.15, -0.1) is 0 Å². The number of ether oxygens (including phenoxy) is 3. The van der Waals surface area contributed by atoms with Gasteiger partial charge in [0, 0.05) is 74.5 Å². The molecule has 6 rings (SSSR count). The Bertz CT molecular complexity index is 2940. The molecule has 5 N–H and O–H groups in total. The topological polar surface area (TPSA) is 302 Å².